The monoisotopic (exact) mass is 420 g/mol. The van der Waals surface area contributed by atoms with Crippen LogP contribution in [0.4, 0.5) is 17.6 Å². The molecule has 1 saturated heterocycles. The number of fused-ring (bicyclic) bond motifs is 1. The van der Waals surface area contributed by atoms with E-state index in [4.69, 9.17) is 14.4 Å². The highest BCUT2D eigenvalue weighted by atomic mass is 16.4. The van der Waals surface area contributed by atoms with Gasteiger partial charge in [0.2, 0.25) is 18.2 Å². The van der Waals surface area contributed by atoms with Crippen molar-refractivity contribution >= 4 is 23.4 Å². The third-order valence-corrected chi connectivity index (χ3v) is 6.39. The summed E-state index contributed by atoms with van der Waals surface area (Å²) in [6.07, 6.45) is 8.49. The number of nitrogens with one attached hydrogen (secondary N) is 2. The first-order valence-corrected chi connectivity index (χ1v) is 11.0. The van der Waals surface area contributed by atoms with Crippen LogP contribution < -0.4 is 10.2 Å². The summed E-state index contributed by atoms with van der Waals surface area (Å²) in [4.78, 5) is 24.7. The van der Waals surface area contributed by atoms with Crippen LogP contribution in [0.25, 0.3) is 0 Å². The molecule has 10 nitrogen and oxygen atoms in total. The van der Waals surface area contributed by atoms with Gasteiger partial charge in [-0.2, -0.15) is 10.1 Å². The molecule has 1 atom stereocenters. The van der Waals surface area contributed by atoms with Gasteiger partial charge in [-0.05, 0) is 44.9 Å². The van der Waals surface area contributed by atoms with Crippen molar-refractivity contribution in [2.45, 2.75) is 63.3 Å². The van der Waals surface area contributed by atoms with E-state index in [-0.39, 0.29) is 18.2 Å². The average molecular weight is 420 g/mol. The molecule has 4 heterocycles. The normalized spacial score (nSPS) is 20.3. The zero-order valence-electron chi connectivity index (χ0n) is 17.2. The quantitative estimate of drug-likeness (QED) is 0.593. The minimum Gasteiger partial charge on any atom is -0.428 e. The molecule has 0 bridgehead atoms. The molecule has 31 heavy (non-hydrogen) atoms. The van der Waals surface area contributed by atoms with E-state index in [1.807, 2.05) is 4.90 Å². The summed E-state index contributed by atoms with van der Waals surface area (Å²) in [5.74, 6) is 3.22. The van der Waals surface area contributed by atoms with Gasteiger partial charge in [0.1, 0.15) is 5.82 Å². The lowest BCUT2D eigenvalue weighted by Gasteiger charge is -2.24. The number of Topliss-reactive ketones (excluding diaryl/α,β-unsaturated/α-hetero) is 1. The van der Waals surface area contributed by atoms with Gasteiger partial charge in [-0.25, -0.2) is 4.98 Å². The number of nitrogens with zero attached hydrogens (tertiary/aromatic N) is 6. The van der Waals surface area contributed by atoms with Gasteiger partial charge in [0.05, 0.1) is 18.2 Å². The van der Waals surface area contributed by atoms with E-state index < -0.39 is 0 Å². The summed E-state index contributed by atoms with van der Waals surface area (Å²) in [5.41, 5.74) is 3.41. The van der Waals surface area contributed by atoms with Crippen LogP contribution in [0.5, 0.6) is 0 Å². The highest BCUT2D eigenvalue weighted by molar-refractivity contribution is 5.88. The molecule has 1 unspecified atom stereocenters. The lowest BCUT2D eigenvalue weighted by molar-refractivity contribution is -0.119. The summed E-state index contributed by atoms with van der Waals surface area (Å²) in [7, 11) is 0. The van der Waals surface area contributed by atoms with Crippen LogP contribution in [0, 0.1) is 0 Å². The fourth-order valence-electron chi connectivity index (χ4n) is 4.66. The first-order chi connectivity index (χ1) is 15.2. The predicted octanol–water partition coefficient (Wildman–Crippen LogP) is 2.47. The molecule has 3 aromatic rings. The minimum absolute atomic E-state index is 0.0572. The second-order valence-electron chi connectivity index (χ2n) is 8.59. The van der Waals surface area contributed by atoms with Gasteiger partial charge in [-0.1, -0.05) is 0 Å². The van der Waals surface area contributed by atoms with Crippen molar-refractivity contribution < 1.29 is 9.21 Å². The molecule has 2 aliphatic carbocycles. The summed E-state index contributed by atoms with van der Waals surface area (Å²) >= 11 is 0. The second kappa shape index (κ2) is 7.44. The Hall–Kier alpha value is -3.30. The fraction of sp³-hybridized carbons (Fsp3) is 0.524. The lowest BCUT2D eigenvalue weighted by atomic mass is 10.1. The summed E-state index contributed by atoms with van der Waals surface area (Å²) in [6, 6.07) is 1.80. The molecular formula is C21H24N8O2. The smallest absolute Gasteiger partial charge is 0.228 e. The van der Waals surface area contributed by atoms with Crippen molar-refractivity contribution in [1.82, 2.24) is 30.4 Å². The van der Waals surface area contributed by atoms with Gasteiger partial charge in [0, 0.05) is 29.8 Å². The molecular weight excluding hydrogens is 396 g/mol. The minimum atomic E-state index is -0.272. The van der Waals surface area contributed by atoms with Gasteiger partial charge in [-0.3, -0.25) is 9.89 Å². The molecule has 0 spiro atoms. The Kier molecular flexibility index (Phi) is 4.43. The van der Waals surface area contributed by atoms with Gasteiger partial charge < -0.3 is 14.6 Å². The summed E-state index contributed by atoms with van der Waals surface area (Å²) in [5, 5.41) is 18.5. The standard InChI is InChI=1S/C21H24N8O2/c30-17(10-19-28-22-11-31-19)16-5-2-8-29(16)21-23-14-4-1-3-13(14)20(25-21)24-18-9-15(26-27-18)12-6-7-12/h9,11-12,16H,1-8,10H2,(H2,23,24,25,26,27). The fourth-order valence-corrected chi connectivity index (χ4v) is 4.66. The maximum absolute atomic E-state index is 12.9. The number of H-pyrrole nitrogens is 1. The van der Waals surface area contributed by atoms with Crippen molar-refractivity contribution in [3.8, 4) is 0 Å². The van der Waals surface area contributed by atoms with E-state index in [1.54, 1.807) is 0 Å². The molecule has 10 heteroatoms. The second-order valence-corrected chi connectivity index (χ2v) is 8.59. The summed E-state index contributed by atoms with van der Waals surface area (Å²) in [6.45, 7) is 0.757. The highest BCUT2D eigenvalue weighted by Gasteiger charge is 2.34. The maximum Gasteiger partial charge on any atom is 0.228 e. The zero-order chi connectivity index (χ0) is 20.8. The van der Waals surface area contributed by atoms with E-state index in [0.29, 0.717) is 17.8 Å². The van der Waals surface area contributed by atoms with Crippen LogP contribution in [0.3, 0.4) is 0 Å². The van der Waals surface area contributed by atoms with E-state index in [1.165, 1.54) is 24.9 Å². The van der Waals surface area contributed by atoms with Gasteiger partial charge in [-0.15, -0.1) is 10.2 Å². The van der Waals surface area contributed by atoms with Crippen LogP contribution in [0.15, 0.2) is 16.9 Å². The van der Waals surface area contributed by atoms with Crippen molar-refractivity contribution in [3.63, 3.8) is 0 Å². The third kappa shape index (κ3) is 3.55. The van der Waals surface area contributed by atoms with E-state index in [2.05, 4.69) is 31.8 Å². The SMILES string of the molecule is O=C(Cc1nnco1)C1CCCN1c1nc2c(c(Nc3cc(C4CC4)[nH]n3)n1)CCC2. The molecule has 1 aliphatic heterocycles. The van der Waals surface area contributed by atoms with Crippen molar-refractivity contribution in [2.75, 3.05) is 16.8 Å². The molecule has 3 aromatic heterocycles. The maximum atomic E-state index is 12.9. The molecule has 160 valence electrons. The highest BCUT2D eigenvalue weighted by Crippen LogP contribution is 2.40. The van der Waals surface area contributed by atoms with Gasteiger partial charge >= 0.3 is 0 Å². The number of rotatable bonds is 7. The van der Waals surface area contributed by atoms with Crippen molar-refractivity contribution in [2.24, 2.45) is 0 Å². The first kappa shape index (κ1) is 18.5. The van der Waals surface area contributed by atoms with E-state index in [9.17, 15) is 4.79 Å². The van der Waals surface area contributed by atoms with E-state index in [0.717, 1.165) is 61.5 Å². The number of aromatic amines is 1. The number of hydrogen-bond acceptors (Lipinski definition) is 9. The van der Waals surface area contributed by atoms with Gasteiger partial charge in [0.15, 0.2) is 11.6 Å². The molecule has 1 saturated carbocycles. The molecule has 0 radical (unpaired) electrons. The third-order valence-electron chi connectivity index (χ3n) is 6.39. The number of carbonyl (C=O) groups is 1. The lowest BCUT2D eigenvalue weighted by Crippen LogP contribution is -2.38. The molecule has 0 aromatic carbocycles. The van der Waals surface area contributed by atoms with E-state index >= 15 is 0 Å². The zero-order valence-corrected chi connectivity index (χ0v) is 17.2. The molecule has 2 fully saturated rings. The largest absolute Gasteiger partial charge is 0.428 e. The first-order valence-electron chi connectivity index (χ1n) is 11.0. The molecule has 2 N–H and O–H groups in total. The van der Waals surface area contributed by atoms with Crippen LogP contribution >= 0.6 is 0 Å². The topological polar surface area (TPSA) is 126 Å². The van der Waals surface area contributed by atoms with Crippen molar-refractivity contribution in [1.29, 1.82) is 0 Å². The van der Waals surface area contributed by atoms with Gasteiger partial charge in [0.25, 0.3) is 0 Å². The number of aryl methyl sites for hydroxylation is 1. The Morgan fingerprint density at radius 1 is 1.23 bits per heavy atom. The molecule has 3 aliphatic rings. The Labute approximate surface area is 178 Å². The Morgan fingerprint density at radius 2 is 2.16 bits per heavy atom. The number of aromatic nitrogens is 6. The Bertz CT molecular complexity index is 1100. The number of carbonyl (C=O) groups excluding carboxylic acids is 1. The molecule has 6 rings (SSSR count). The van der Waals surface area contributed by atoms with Crippen LogP contribution in [-0.2, 0) is 24.1 Å². The van der Waals surface area contributed by atoms with Crippen LogP contribution in [-0.4, -0.2) is 48.7 Å². The summed E-state index contributed by atoms with van der Waals surface area (Å²) < 4.78 is 5.16. The average Bonchev–Trinajstić information content (AvgIpc) is 3.27. The molecule has 0 amide bonds. The number of ketones is 1. The van der Waals surface area contributed by atoms with Crippen LogP contribution in [0.2, 0.25) is 0 Å². The Balaban J connectivity index is 1.27. The Morgan fingerprint density at radius 3 is 3.00 bits per heavy atom. The number of anilines is 3. The predicted molar refractivity (Wildman–Crippen MR) is 111 cm³/mol. The number of hydrogen-bond donors (Lipinski definition) is 2. The van der Waals surface area contributed by atoms with Crippen LogP contribution in [0.1, 0.15) is 60.9 Å². The van der Waals surface area contributed by atoms with Crippen molar-refractivity contribution in [3.05, 3.63) is 35.3 Å².